The summed E-state index contributed by atoms with van der Waals surface area (Å²) in [5.41, 5.74) is -0.686. The Morgan fingerprint density at radius 1 is 0.970 bits per heavy atom. The molecular formula is C22H18F3N3O4S. The van der Waals surface area contributed by atoms with Gasteiger partial charge < -0.3 is 8.94 Å². The Bertz CT molecular complexity index is 1300. The zero-order valence-corrected chi connectivity index (χ0v) is 17.9. The molecule has 2 aromatic carbocycles. The molecule has 33 heavy (non-hydrogen) atoms. The molecule has 2 aromatic heterocycles. The first-order chi connectivity index (χ1) is 15.7. The SMILES string of the molecule is O=S(=O)(c1ccccc1)N(CCc1nc(-c2cccc(C(F)(F)F)c2)no1)Cc1ccco1. The van der Waals surface area contributed by atoms with Gasteiger partial charge in [0.15, 0.2) is 0 Å². The average molecular weight is 477 g/mol. The van der Waals surface area contributed by atoms with Crippen molar-refractivity contribution < 1.29 is 30.5 Å². The molecule has 0 aliphatic carbocycles. The van der Waals surface area contributed by atoms with Gasteiger partial charge in [0.25, 0.3) is 0 Å². The Balaban J connectivity index is 1.54. The van der Waals surface area contributed by atoms with Crippen molar-refractivity contribution in [3.63, 3.8) is 0 Å². The fraction of sp³-hybridized carbons (Fsp3) is 0.182. The van der Waals surface area contributed by atoms with Crippen molar-refractivity contribution in [3.8, 4) is 11.4 Å². The van der Waals surface area contributed by atoms with Crippen LogP contribution in [0.4, 0.5) is 13.2 Å². The van der Waals surface area contributed by atoms with E-state index in [-0.39, 0.29) is 41.7 Å². The van der Waals surface area contributed by atoms with Crippen LogP contribution in [-0.2, 0) is 29.2 Å². The highest BCUT2D eigenvalue weighted by Gasteiger charge is 2.31. The predicted octanol–water partition coefficient (Wildman–Crippen LogP) is 4.78. The minimum Gasteiger partial charge on any atom is -0.468 e. The largest absolute Gasteiger partial charge is 0.468 e. The summed E-state index contributed by atoms with van der Waals surface area (Å²) in [6.07, 6.45) is -3.00. The molecule has 0 spiro atoms. The average Bonchev–Trinajstić information content (AvgIpc) is 3.49. The highest BCUT2D eigenvalue weighted by molar-refractivity contribution is 7.89. The van der Waals surface area contributed by atoms with Crippen molar-refractivity contribution in [2.24, 2.45) is 0 Å². The predicted molar refractivity (Wildman–Crippen MR) is 111 cm³/mol. The summed E-state index contributed by atoms with van der Waals surface area (Å²) in [7, 11) is -3.86. The molecule has 7 nitrogen and oxygen atoms in total. The van der Waals surface area contributed by atoms with Gasteiger partial charge in [-0.2, -0.15) is 22.5 Å². The molecule has 0 bridgehead atoms. The fourth-order valence-electron chi connectivity index (χ4n) is 3.13. The Morgan fingerprint density at radius 2 is 1.76 bits per heavy atom. The minimum absolute atomic E-state index is 0.0118. The number of halogens is 3. The summed E-state index contributed by atoms with van der Waals surface area (Å²) in [6.45, 7) is -0.0268. The van der Waals surface area contributed by atoms with E-state index >= 15 is 0 Å². The van der Waals surface area contributed by atoms with Crippen LogP contribution in [0.25, 0.3) is 11.4 Å². The summed E-state index contributed by atoms with van der Waals surface area (Å²) in [5.74, 6) is 0.527. The van der Waals surface area contributed by atoms with E-state index in [9.17, 15) is 21.6 Å². The first-order valence-corrected chi connectivity index (χ1v) is 11.3. The van der Waals surface area contributed by atoms with Crippen molar-refractivity contribution in [2.75, 3.05) is 6.54 Å². The minimum atomic E-state index is -4.50. The van der Waals surface area contributed by atoms with Gasteiger partial charge in [0.05, 0.1) is 23.3 Å². The topological polar surface area (TPSA) is 89.4 Å². The van der Waals surface area contributed by atoms with Gasteiger partial charge in [-0.15, -0.1) is 0 Å². The van der Waals surface area contributed by atoms with E-state index in [0.29, 0.717) is 5.76 Å². The van der Waals surface area contributed by atoms with Crippen LogP contribution in [0.3, 0.4) is 0 Å². The molecule has 0 saturated carbocycles. The molecule has 0 amide bonds. The summed E-state index contributed by atoms with van der Waals surface area (Å²) >= 11 is 0. The first-order valence-electron chi connectivity index (χ1n) is 9.81. The standard InChI is InChI=1S/C22H18F3N3O4S/c23-22(24,25)17-7-4-6-16(14-17)21-26-20(32-27-21)11-12-28(15-18-8-5-13-31-18)33(29,30)19-9-2-1-3-10-19/h1-10,13-14H,11-12,15H2. The maximum atomic E-state index is 13.1. The van der Waals surface area contributed by atoms with Gasteiger partial charge in [-0.3, -0.25) is 0 Å². The van der Waals surface area contributed by atoms with E-state index in [1.165, 1.54) is 34.8 Å². The molecule has 0 N–H and O–H groups in total. The first kappa shape index (κ1) is 22.7. The third-order valence-corrected chi connectivity index (χ3v) is 6.64. The highest BCUT2D eigenvalue weighted by Crippen LogP contribution is 2.31. The summed E-state index contributed by atoms with van der Waals surface area (Å²) in [4.78, 5) is 4.25. The lowest BCUT2D eigenvalue weighted by molar-refractivity contribution is -0.137. The van der Waals surface area contributed by atoms with Crippen LogP contribution in [0.2, 0.25) is 0 Å². The van der Waals surface area contributed by atoms with Crippen LogP contribution in [0.15, 0.2) is 86.8 Å². The molecule has 0 radical (unpaired) electrons. The van der Waals surface area contributed by atoms with Crippen LogP contribution in [0, 0.1) is 0 Å². The molecule has 0 fully saturated rings. The fourth-order valence-corrected chi connectivity index (χ4v) is 4.56. The third kappa shape index (κ3) is 5.32. The maximum Gasteiger partial charge on any atom is 0.416 e. The molecule has 0 aliphatic heterocycles. The van der Waals surface area contributed by atoms with Crippen molar-refractivity contribution in [3.05, 3.63) is 90.2 Å². The van der Waals surface area contributed by atoms with Gasteiger partial charge in [0.1, 0.15) is 5.76 Å². The Hall–Kier alpha value is -3.44. The molecular weight excluding hydrogens is 459 g/mol. The molecule has 0 saturated heterocycles. The molecule has 2 heterocycles. The number of rotatable bonds is 8. The normalized spacial score (nSPS) is 12.4. The summed E-state index contributed by atoms with van der Waals surface area (Å²) in [5, 5.41) is 3.74. The third-order valence-electron chi connectivity index (χ3n) is 4.78. The van der Waals surface area contributed by atoms with E-state index in [4.69, 9.17) is 8.94 Å². The number of hydrogen-bond donors (Lipinski definition) is 0. The second kappa shape index (κ2) is 9.20. The Kier molecular flexibility index (Phi) is 6.34. The van der Waals surface area contributed by atoms with Crippen LogP contribution >= 0.6 is 0 Å². The zero-order valence-electron chi connectivity index (χ0n) is 17.1. The zero-order chi connectivity index (χ0) is 23.5. The van der Waals surface area contributed by atoms with E-state index in [1.54, 1.807) is 30.3 Å². The molecule has 0 unspecified atom stereocenters. The second-order valence-electron chi connectivity index (χ2n) is 7.07. The van der Waals surface area contributed by atoms with Crippen LogP contribution in [0.5, 0.6) is 0 Å². The maximum absolute atomic E-state index is 13.1. The second-order valence-corrected chi connectivity index (χ2v) is 9.01. The quantitative estimate of drug-likeness (QED) is 0.363. The lowest BCUT2D eigenvalue weighted by Gasteiger charge is -2.20. The van der Waals surface area contributed by atoms with Crippen LogP contribution < -0.4 is 0 Å². The number of furan rings is 1. The van der Waals surface area contributed by atoms with Gasteiger partial charge in [0.2, 0.25) is 21.7 Å². The highest BCUT2D eigenvalue weighted by atomic mass is 32.2. The molecule has 0 atom stereocenters. The van der Waals surface area contributed by atoms with Gasteiger partial charge in [-0.1, -0.05) is 35.5 Å². The van der Waals surface area contributed by atoms with Crippen molar-refractivity contribution in [1.82, 2.24) is 14.4 Å². The van der Waals surface area contributed by atoms with Crippen molar-refractivity contribution in [1.29, 1.82) is 0 Å². The van der Waals surface area contributed by atoms with Crippen LogP contribution in [-0.4, -0.2) is 29.4 Å². The summed E-state index contributed by atoms with van der Waals surface area (Å²) in [6, 6.07) is 15.8. The number of hydrogen-bond acceptors (Lipinski definition) is 6. The molecule has 172 valence electrons. The Labute approximate surface area is 187 Å². The lowest BCUT2D eigenvalue weighted by atomic mass is 10.1. The lowest BCUT2D eigenvalue weighted by Crippen LogP contribution is -2.32. The monoisotopic (exact) mass is 477 g/mol. The van der Waals surface area contributed by atoms with Crippen molar-refractivity contribution >= 4 is 10.0 Å². The Morgan fingerprint density at radius 3 is 2.45 bits per heavy atom. The van der Waals surface area contributed by atoms with E-state index in [0.717, 1.165) is 12.1 Å². The molecule has 11 heteroatoms. The molecule has 4 rings (SSSR count). The summed E-state index contributed by atoms with van der Waals surface area (Å²) < 4.78 is 76.9. The van der Waals surface area contributed by atoms with E-state index < -0.39 is 21.8 Å². The van der Waals surface area contributed by atoms with Gasteiger partial charge >= 0.3 is 6.18 Å². The van der Waals surface area contributed by atoms with Gasteiger partial charge in [-0.25, -0.2) is 8.42 Å². The van der Waals surface area contributed by atoms with Crippen molar-refractivity contribution in [2.45, 2.75) is 24.0 Å². The number of alkyl halides is 3. The number of sulfonamides is 1. The smallest absolute Gasteiger partial charge is 0.416 e. The van der Waals surface area contributed by atoms with Gasteiger partial charge in [0, 0.05) is 18.5 Å². The van der Waals surface area contributed by atoms with Crippen LogP contribution in [0.1, 0.15) is 17.2 Å². The number of benzene rings is 2. The van der Waals surface area contributed by atoms with E-state index in [1.807, 2.05) is 0 Å². The molecule has 4 aromatic rings. The molecule has 0 aliphatic rings. The number of aromatic nitrogens is 2. The van der Waals surface area contributed by atoms with E-state index in [2.05, 4.69) is 10.1 Å². The number of nitrogens with zero attached hydrogens (tertiary/aromatic N) is 3. The van der Waals surface area contributed by atoms with Gasteiger partial charge in [-0.05, 0) is 36.4 Å².